The highest BCUT2D eigenvalue weighted by atomic mass is 16.5. The van der Waals surface area contributed by atoms with Gasteiger partial charge in [-0.3, -0.25) is 4.79 Å². The Hall–Kier alpha value is -3.97. The third-order valence-electron chi connectivity index (χ3n) is 5.62. The average molecular weight is 440 g/mol. The molecular formula is C26H25N5O2. The number of hydrogen-bond donors (Lipinski definition) is 1. The van der Waals surface area contributed by atoms with Gasteiger partial charge in [-0.25, -0.2) is 9.67 Å². The molecule has 1 aliphatic rings. The summed E-state index contributed by atoms with van der Waals surface area (Å²) in [6, 6.07) is 23.5. The van der Waals surface area contributed by atoms with E-state index in [1.54, 1.807) is 17.1 Å². The van der Waals surface area contributed by atoms with Crippen LogP contribution in [0.1, 0.15) is 15.9 Å². The zero-order valence-corrected chi connectivity index (χ0v) is 18.2. The molecule has 1 aliphatic heterocycles. The summed E-state index contributed by atoms with van der Waals surface area (Å²) in [5, 5.41) is 7.79. The van der Waals surface area contributed by atoms with Crippen molar-refractivity contribution in [3.8, 4) is 16.9 Å². The number of ether oxygens (including phenoxy) is 1. The Kier molecular flexibility index (Phi) is 6.12. The molecule has 2 aromatic heterocycles. The van der Waals surface area contributed by atoms with Crippen LogP contribution in [-0.2, 0) is 11.3 Å². The van der Waals surface area contributed by atoms with Crippen LogP contribution in [0.25, 0.3) is 16.9 Å². The van der Waals surface area contributed by atoms with Crippen molar-refractivity contribution in [2.75, 3.05) is 31.2 Å². The molecule has 0 saturated carbocycles. The molecule has 0 radical (unpaired) electrons. The largest absolute Gasteiger partial charge is 0.378 e. The maximum Gasteiger partial charge on any atom is 0.255 e. The molecule has 4 aromatic rings. The van der Waals surface area contributed by atoms with Crippen molar-refractivity contribution in [2.24, 2.45) is 0 Å². The van der Waals surface area contributed by atoms with Gasteiger partial charge in [0.1, 0.15) is 11.5 Å². The maximum absolute atomic E-state index is 13.2. The fourth-order valence-corrected chi connectivity index (χ4v) is 3.88. The number of carbonyl (C=O) groups excluding carboxylic acids is 1. The number of benzene rings is 2. The standard InChI is InChI=1S/C26H25N5O2/c32-26(28-18-20-11-12-27-24(17-20)30-13-15-33-16-14-30)23-19-31(22-9-5-2-6-10-22)29-25(23)21-7-3-1-4-8-21/h1-12,17,19H,13-16,18H2,(H,28,32). The number of nitrogens with zero attached hydrogens (tertiary/aromatic N) is 4. The van der Waals surface area contributed by atoms with Crippen molar-refractivity contribution < 1.29 is 9.53 Å². The summed E-state index contributed by atoms with van der Waals surface area (Å²) in [7, 11) is 0. The van der Waals surface area contributed by atoms with Gasteiger partial charge in [0.15, 0.2) is 0 Å². The predicted octanol–water partition coefficient (Wildman–Crippen LogP) is 3.70. The normalized spacial score (nSPS) is 13.6. The van der Waals surface area contributed by atoms with Crippen LogP contribution in [0, 0.1) is 0 Å². The molecule has 7 heteroatoms. The Morgan fingerprint density at radius 2 is 1.70 bits per heavy atom. The van der Waals surface area contributed by atoms with Crippen LogP contribution >= 0.6 is 0 Å². The second-order valence-corrected chi connectivity index (χ2v) is 7.84. The predicted molar refractivity (Wildman–Crippen MR) is 127 cm³/mol. The molecule has 0 spiro atoms. The number of rotatable bonds is 6. The van der Waals surface area contributed by atoms with Gasteiger partial charge in [0, 0.05) is 37.6 Å². The minimum absolute atomic E-state index is 0.166. The first-order chi connectivity index (χ1) is 16.3. The summed E-state index contributed by atoms with van der Waals surface area (Å²) in [6.45, 7) is 3.46. The first kappa shape index (κ1) is 20.9. The van der Waals surface area contributed by atoms with Gasteiger partial charge in [-0.15, -0.1) is 0 Å². The molecule has 7 nitrogen and oxygen atoms in total. The van der Waals surface area contributed by atoms with Gasteiger partial charge in [0.2, 0.25) is 0 Å². The van der Waals surface area contributed by atoms with Crippen LogP contribution in [-0.4, -0.2) is 47.0 Å². The van der Waals surface area contributed by atoms with E-state index in [9.17, 15) is 4.79 Å². The highest BCUT2D eigenvalue weighted by molar-refractivity contribution is 5.99. The van der Waals surface area contributed by atoms with E-state index in [2.05, 4.69) is 15.2 Å². The molecule has 1 saturated heterocycles. The van der Waals surface area contributed by atoms with Crippen LogP contribution < -0.4 is 10.2 Å². The monoisotopic (exact) mass is 439 g/mol. The lowest BCUT2D eigenvalue weighted by atomic mass is 10.1. The molecule has 0 bridgehead atoms. The quantitative estimate of drug-likeness (QED) is 0.496. The third kappa shape index (κ3) is 4.78. The van der Waals surface area contributed by atoms with Gasteiger partial charge in [-0.05, 0) is 29.8 Å². The van der Waals surface area contributed by atoms with E-state index in [4.69, 9.17) is 9.84 Å². The summed E-state index contributed by atoms with van der Waals surface area (Å²) in [5.74, 6) is 0.743. The molecule has 1 N–H and O–H groups in total. The molecule has 0 aliphatic carbocycles. The molecular weight excluding hydrogens is 414 g/mol. The summed E-state index contributed by atoms with van der Waals surface area (Å²) < 4.78 is 7.18. The molecule has 1 fully saturated rings. The van der Waals surface area contributed by atoms with E-state index < -0.39 is 0 Å². The Labute approximate surface area is 192 Å². The maximum atomic E-state index is 13.2. The number of para-hydroxylation sites is 1. The molecule has 1 amide bonds. The topological polar surface area (TPSA) is 72.3 Å². The number of anilines is 1. The Bertz CT molecular complexity index is 1220. The van der Waals surface area contributed by atoms with Crippen molar-refractivity contribution in [3.05, 3.63) is 96.3 Å². The summed E-state index contributed by atoms with van der Waals surface area (Å²) >= 11 is 0. The first-order valence-electron chi connectivity index (χ1n) is 11.0. The van der Waals surface area contributed by atoms with E-state index in [0.29, 0.717) is 31.0 Å². The van der Waals surface area contributed by atoms with E-state index in [1.807, 2.05) is 72.8 Å². The molecule has 0 unspecified atom stereocenters. The van der Waals surface area contributed by atoms with Gasteiger partial charge in [0.05, 0.1) is 24.5 Å². The molecule has 5 rings (SSSR count). The van der Waals surface area contributed by atoms with E-state index in [-0.39, 0.29) is 5.91 Å². The van der Waals surface area contributed by atoms with Crippen molar-refractivity contribution in [2.45, 2.75) is 6.54 Å². The van der Waals surface area contributed by atoms with Gasteiger partial charge in [-0.1, -0.05) is 48.5 Å². The summed E-state index contributed by atoms with van der Waals surface area (Å²) in [6.07, 6.45) is 3.58. The number of morpholine rings is 1. The lowest BCUT2D eigenvalue weighted by molar-refractivity contribution is 0.0951. The van der Waals surface area contributed by atoms with Gasteiger partial charge in [0.25, 0.3) is 5.91 Å². The van der Waals surface area contributed by atoms with Crippen molar-refractivity contribution in [1.82, 2.24) is 20.1 Å². The SMILES string of the molecule is O=C(NCc1ccnc(N2CCOCC2)c1)c1cn(-c2ccccc2)nc1-c1ccccc1. The van der Waals surface area contributed by atoms with Gasteiger partial charge < -0.3 is 15.0 Å². The zero-order chi connectivity index (χ0) is 22.5. The molecule has 2 aromatic carbocycles. The lowest BCUT2D eigenvalue weighted by Crippen LogP contribution is -2.36. The van der Waals surface area contributed by atoms with Crippen molar-refractivity contribution >= 4 is 11.7 Å². The highest BCUT2D eigenvalue weighted by Gasteiger charge is 2.19. The van der Waals surface area contributed by atoms with Gasteiger partial charge in [-0.2, -0.15) is 5.10 Å². The second-order valence-electron chi connectivity index (χ2n) is 7.84. The molecule has 166 valence electrons. The van der Waals surface area contributed by atoms with Crippen LogP contribution in [0.15, 0.2) is 85.2 Å². The molecule has 3 heterocycles. The average Bonchev–Trinajstić information content (AvgIpc) is 3.35. The Morgan fingerprint density at radius 1 is 0.970 bits per heavy atom. The summed E-state index contributed by atoms with van der Waals surface area (Å²) in [4.78, 5) is 19.9. The first-order valence-corrected chi connectivity index (χ1v) is 11.0. The third-order valence-corrected chi connectivity index (χ3v) is 5.62. The summed E-state index contributed by atoms with van der Waals surface area (Å²) in [5.41, 5.74) is 3.98. The fraction of sp³-hybridized carbons (Fsp3) is 0.192. The lowest BCUT2D eigenvalue weighted by Gasteiger charge is -2.28. The Morgan fingerprint density at radius 3 is 2.45 bits per heavy atom. The molecule has 33 heavy (non-hydrogen) atoms. The van der Waals surface area contributed by atoms with E-state index in [1.165, 1.54) is 0 Å². The van der Waals surface area contributed by atoms with Crippen molar-refractivity contribution in [1.29, 1.82) is 0 Å². The highest BCUT2D eigenvalue weighted by Crippen LogP contribution is 2.24. The fourth-order valence-electron chi connectivity index (χ4n) is 3.88. The second kappa shape index (κ2) is 9.67. The number of hydrogen-bond acceptors (Lipinski definition) is 5. The smallest absolute Gasteiger partial charge is 0.255 e. The van der Waals surface area contributed by atoms with E-state index >= 15 is 0 Å². The number of pyridine rings is 1. The number of nitrogens with one attached hydrogen (secondary N) is 1. The number of aromatic nitrogens is 3. The number of amides is 1. The van der Waals surface area contributed by atoms with Crippen molar-refractivity contribution in [3.63, 3.8) is 0 Å². The Balaban J connectivity index is 1.37. The van der Waals surface area contributed by atoms with Crippen LogP contribution in [0.2, 0.25) is 0 Å². The molecule has 0 atom stereocenters. The van der Waals surface area contributed by atoms with Crippen LogP contribution in [0.5, 0.6) is 0 Å². The minimum Gasteiger partial charge on any atom is -0.378 e. The number of carbonyl (C=O) groups is 1. The zero-order valence-electron chi connectivity index (χ0n) is 18.2. The van der Waals surface area contributed by atoms with Gasteiger partial charge >= 0.3 is 0 Å². The minimum atomic E-state index is -0.166. The van der Waals surface area contributed by atoms with Crippen LogP contribution in [0.4, 0.5) is 5.82 Å². The van der Waals surface area contributed by atoms with E-state index in [0.717, 1.165) is 35.7 Å². The van der Waals surface area contributed by atoms with Crippen LogP contribution in [0.3, 0.4) is 0 Å².